The fourth-order valence-corrected chi connectivity index (χ4v) is 3.54. The minimum absolute atomic E-state index is 0.981. The Morgan fingerprint density at radius 3 is 2.07 bits per heavy atom. The zero-order valence-electron chi connectivity index (χ0n) is 14.8. The number of benzene rings is 4. The molecule has 0 aliphatic rings. The minimum atomic E-state index is 0.981. The van der Waals surface area contributed by atoms with E-state index < -0.39 is 0 Å². The van der Waals surface area contributed by atoms with Crippen LogP contribution in [0.15, 0.2) is 109 Å². The van der Waals surface area contributed by atoms with Crippen molar-refractivity contribution in [3.8, 4) is 28.2 Å². The van der Waals surface area contributed by atoms with Gasteiger partial charge in [-0.1, -0.05) is 91.0 Å². The van der Waals surface area contributed by atoms with Crippen LogP contribution in [0.3, 0.4) is 0 Å². The van der Waals surface area contributed by atoms with Crippen LogP contribution in [-0.4, -0.2) is 9.78 Å². The molecular weight excluding hydrogens is 328 g/mol. The molecule has 5 rings (SSSR count). The molecule has 1 aromatic heterocycles. The van der Waals surface area contributed by atoms with E-state index in [9.17, 15) is 0 Å². The molecule has 0 saturated carbocycles. The van der Waals surface area contributed by atoms with Crippen LogP contribution in [0.25, 0.3) is 39.0 Å². The normalized spacial score (nSPS) is 11.0. The van der Waals surface area contributed by atoms with Crippen LogP contribution in [0.2, 0.25) is 0 Å². The fourth-order valence-electron chi connectivity index (χ4n) is 3.54. The van der Waals surface area contributed by atoms with Crippen LogP contribution < -0.4 is 0 Å². The third-order valence-corrected chi connectivity index (χ3v) is 4.85. The first-order chi connectivity index (χ1) is 13.4. The molecule has 0 aliphatic carbocycles. The van der Waals surface area contributed by atoms with Gasteiger partial charge in [0.2, 0.25) is 0 Å². The Labute approximate surface area is 158 Å². The summed E-state index contributed by atoms with van der Waals surface area (Å²) in [6.07, 6.45) is 0. The maximum Gasteiger partial charge on any atom is 0.0940 e. The van der Waals surface area contributed by atoms with Crippen molar-refractivity contribution in [1.82, 2.24) is 9.78 Å². The van der Waals surface area contributed by atoms with Crippen molar-refractivity contribution in [3.05, 3.63) is 109 Å². The first-order valence-corrected chi connectivity index (χ1v) is 9.09. The summed E-state index contributed by atoms with van der Waals surface area (Å²) in [5, 5.41) is 7.44. The van der Waals surface area contributed by atoms with E-state index in [2.05, 4.69) is 84.9 Å². The van der Waals surface area contributed by atoms with Gasteiger partial charge in [0.05, 0.1) is 17.1 Å². The van der Waals surface area contributed by atoms with E-state index >= 15 is 0 Å². The lowest BCUT2D eigenvalue weighted by Crippen LogP contribution is -1.98. The highest BCUT2D eigenvalue weighted by Gasteiger charge is 2.14. The first kappa shape index (κ1) is 15.6. The molecule has 4 aromatic carbocycles. The van der Waals surface area contributed by atoms with E-state index in [0.29, 0.717) is 0 Å². The van der Waals surface area contributed by atoms with Crippen molar-refractivity contribution in [1.29, 1.82) is 0 Å². The summed E-state index contributed by atoms with van der Waals surface area (Å²) in [7, 11) is 0. The minimum Gasteiger partial charge on any atom is -0.232 e. The second kappa shape index (κ2) is 6.58. The largest absolute Gasteiger partial charge is 0.232 e. The van der Waals surface area contributed by atoms with Crippen LogP contribution >= 0.6 is 0 Å². The molecule has 2 nitrogen and oxygen atoms in total. The molecule has 2 heteroatoms. The van der Waals surface area contributed by atoms with Gasteiger partial charge in [0.25, 0.3) is 0 Å². The summed E-state index contributed by atoms with van der Waals surface area (Å²) in [6, 6.07) is 37.8. The first-order valence-electron chi connectivity index (χ1n) is 9.09. The SMILES string of the molecule is c1ccc(-c2cc(-c3cccc4ccccc34)nn2-c2ccccc2)cc1. The molecule has 0 amide bonds. The van der Waals surface area contributed by atoms with Gasteiger partial charge in [0, 0.05) is 11.1 Å². The quantitative estimate of drug-likeness (QED) is 0.372. The molecule has 0 saturated heterocycles. The Balaban J connectivity index is 1.76. The highest BCUT2D eigenvalue weighted by Crippen LogP contribution is 2.32. The zero-order chi connectivity index (χ0) is 18.1. The number of hydrogen-bond donors (Lipinski definition) is 0. The lowest BCUT2D eigenvalue weighted by atomic mass is 10.0. The Hall–Kier alpha value is -3.65. The summed E-state index contributed by atoms with van der Waals surface area (Å²) >= 11 is 0. The van der Waals surface area contributed by atoms with Crippen LogP contribution in [0.5, 0.6) is 0 Å². The molecule has 27 heavy (non-hydrogen) atoms. The smallest absolute Gasteiger partial charge is 0.0940 e. The van der Waals surface area contributed by atoms with Crippen molar-refractivity contribution in [2.75, 3.05) is 0 Å². The molecule has 0 bridgehead atoms. The van der Waals surface area contributed by atoms with E-state index in [4.69, 9.17) is 5.10 Å². The summed E-state index contributed by atoms with van der Waals surface area (Å²) in [5.41, 5.74) is 5.43. The molecule has 5 aromatic rings. The average Bonchev–Trinajstić information content (AvgIpc) is 3.20. The van der Waals surface area contributed by atoms with Gasteiger partial charge in [0.15, 0.2) is 0 Å². The van der Waals surface area contributed by atoms with E-state index in [1.165, 1.54) is 10.8 Å². The Kier molecular flexibility index (Phi) is 3.80. The maximum absolute atomic E-state index is 4.99. The van der Waals surface area contributed by atoms with E-state index in [-0.39, 0.29) is 0 Å². The Morgan fingerprint density at radius 1 is 0.593 bits per heavy atom. The molecule has 128 valence electrons. The molecule has 0 atom stereocenters. The standard InChI is InChI=1S/C25H18N2/c1-3-11-20(12-4-1)25-18-24(26-27(25)21-14-5-2-6-15-21)23-17-9-13-19-10-7-8-16-22(19)23/h1-18H. The van der Waals surface area contributed by atoms with Crippen LogP contribution in [0.1, 0.15) is 0 Å². The lowest BCUT2D eigenvalue weighted by molar-refractivity contribution is 0.892. The van der Waals surface area contributed by atoms with Gasteiger partial charge in [-0.15, -0.1) is 0 Å². The summed E-state index contributed by atoms with van der Waals surface area (Å²) in [4.78, 5) is 0. The Morgan fingerprint density at radius 2 is 1.26 bits per heavy atom. The Bertz CT molecular complexity index is 1140. The van der Waals surface area contributed by atoms with Crippen molar-refractivity contribution in [2.24, 2.45) is 0 Å². The predicted molar refractivity (Wildman–Crippen MR) is 112 cm³/mol. The number of nitrogens with zero attached hydrogens (tertiary/aromatic N) is 2. The number of fused-ring (bicyclic) bond motifs is 1. The topological polar surface area (TPSA) is 17.8 Å². The van der Waals surface area contributed by atoms with Crippen LogP contribution in [0.4, 0.5) is 0 Å². The molecule has 0 fully saturated rings. The fraction of sp³-hybridized carbons (Fsp3) is 0. The highest BCUT2D eigenvalue weighted by atomic mass is 15.3. The zero-order valence-corrected chi connectivity index (χ0v) is 14.8. The van der Waals surface area contributed by atoms with E-state index in [0.717, 1.165) is 28.2 Å². The van der Waals surface area contributed by atoms with Crippen molar-refractivity contribution in [3.63, 3.8) is 0 Å². The van der Waals surface area contributed by atoms with Crippen molar-refractivity contribution in [2.45, 2.75) is 0 Å². The predicted octanol–water partition coefficient (Wildman–Crippen LogP) is 6.36. The molecule has 0 N–H and O–H groups in total. The van der Waals surface area contributed by atoms with E-state index in [1.807, 2.05) is 28.9 Å². The van der Waals surface area contributed by atoms with Crippen LogP contribution in [0, 0.1) is 0 Å². The second-order valence-electron chi connectivity index (χ2n) is 6.55. The molecular formula is C25H18N2. The summed E-state index contributed by atoms with van der Waals surface area (Å²) in [6.45, 7) is 0. The number of aromatic nitrogens is 2. The van der Waals surface area contributed by atoms with E-state index in [1.54, 1.807) is 0 Å². The van der Waals surface area contributed by atoms with Crippen LogP contribution in [-0.2, 0) is 0 Å². The molecule has 1 heterocycles. The van der Waals surface area contributed by atoms with Gasteiger partial charge >= 0.3 is 0 Å². The third kappa shape index (κ3) is 2.81. The average molecular weight is 346 g/mol. The van der Waals surface area contributed by atoms with Gasteiger partial charge in [-0.3, -0.25) is 0 Å². The summed E-state index contributed by atoms with van der Waals surface area (Å²) in [5.74, 6) is 0. The van der Waals surface area contributed by atoms with Gasteiger partial charge in [-0.2, -0.15) is 5.10 Å². The van der Waals surface area contributed by atoms with Crippen molar-refractivity contribution >= 4 is 10.8 Å². The second-order valence-corrected chi connectivity index (χ2v) is 6.55. The number of rotatable bonds is 3. The summed E-state index contributed by atoms with van der Waals surface area (Å²) < 4.78 is 2.03. The van der Waals surface area contributed by atoms with Gasteiger partial charge in [0.1, 0.15) is 0 Å². The lowest BCUT2D eigenvalue weighted by Gasteiger charge is -2.07. The monoisotopic (exact) mass is 346 g/mol. The number of para-hydroxylation sites is 1. The van der Waals surface area contributed by atoms with Gasteiger partial charge in [-0.25, -0.2) is 4.68 Å². The highest BCUT2D eigenvalue weighted by molar-refractivity contribution is 5.96. The maximum atomic E-state index is 4.99. The molecule has 0 radical (unpaired) electrons. The molecule has 0 aliphatic heterocycles. The molecule has 0 unspecified atom stereocenters. The van der Waals surface area contributed by atoms with Gasteiger partial charge < -0.3 is 0 Å². The van der Waals surface area contributed by atoms with Gasteiger partial charge in [-0.05, 0) is 29.0 Å². The number of hydrogen-bond acceptors (Lipinski definition) is 1. The van der Waals surface area contributed by atoms with Crippen molar-refractivity contribution < 1.29 is 0 Å². The third-order valence-electron chi connectivity index (χ3n) is 4.85. The molecule has 0 spiro atoms.